The van der Waals surface area contributed by atoms with E-state index in [-0.39, 0.29) is 22.1 Å². The van der Waals surface area contributed by atoms with Crippen molar-refractivity contribution in [1.29, 1.82) is 0 Å². The van der Waals surface area contributed by atoms with Crippen molar-refractivity contribution in [2.45, 2.75) is 24.8 Å². The molecular weight excluding hydrogens is 352 g/mol. The number of anilines is 1. The Balaban J connectivity index is 2.15. The van der Waals surface area contributed by atoms with E-state index < -0.39 is 33.5 Å². The summed E-state index contributed by atoms with van der Waals surface area (Å²) in [6.07, 6.45) is -1.05. The molecule has 1 atom stereocenters. The van der Waals surface area contributed by atoms with Gasteiger partial charge in [0.2, 0.25) is 0 Å². The van der Waals surface area contributed by atoms with E-state index in [1.165, 1.54) is 32.0 Å². The molecule has 8 heteroatoms. The Morgan fingerprint density at radius 2 is 1.84 bits per heavy atom. The van der Waals surface area contributed by atoms with Crippen molar-refractivity contribution in [2.24, 2.45) is 0 Å². The Labute approximate surface area is 144 Å². The number of sulfone groups is 1. The van der Waals surface area contributed by atoms with Crippen LogP contribution in [0.25, 0.3) is 0 Å². The van der Waals surface area contributed by atoms with Gasteiger partial charge in [-0.15, -0.1) is 0 Å². The number of halogens is 2. The summed E-state index contributed by atoms with van der Waals surface area (Å²) in [6.45, 7) is 2.91. The van der Waals surface area contributed by atoms with E-state index in [0.29, 0.717) is 0 Å². The molecule has 1 N–H and O–H groups in total. The molecule has 2 rings (SSSR count). The first-order valence-corrected chi connectivity index (χ1v) is 9.14. The zero-order valence-electron chi connectivity index (χ0n) is 13.6. The Bertz CT molecular complexity index is 884. The fourth-order valence-electron chi connectivity index (χ4n) is 2.04. The fourth-order valence-corrected chi connectivity index (χ4v) is 3.09. The van der Waals surface area contributed by atoms with Crippen LogP contribution < -0.4 is 10.1 Å². The highest BCUT2D eigenvalue weighted by atomic mass is 32.2. The summed E-state index contributed by atoms with van der Waals surface area (Å²) in [6, 6.07) is 8.91. The lowest BCUT2D eigenvalue weighted by Crippen LogP contribution is -2.30. The molecule has 5 nitrogen and oxygen atoms in total. The van der Waals surface area contributed by atoms with Gasteiger partial charge < -0.3 is 10.1 Å². The van der Waals surface area contributed by atoms with Gasteiger partial charge in [0.1, 0.15) is 5.75 Å². The number of amides is 1. The van der Waals surface area contributed by atoms with Crippen LogP contribution in [0.1, 0.15) is 13.8 Å². The number of hydrogen-bond donors (Lipinski definition) is 1. The van der Waals surface area contributed by atoms with Gasteiger partial charge in [0.25, 0.3) is 5.91 Å². The van der Waals surface area contributed by atoms with E-state index in [2.05, 4.69) is 5.32 Å². The van der Waals surface area contributed by atoms with Crippen LogP contribution in [-0.2, 0) is 14.6 Å². The lowest BCUT2D eigenvalue weighted by Gasteiger charge is -2.16. The normalized spacial score (nSPS) is 12.5. The smallest absolute Gasteiger partial charge is 0.265 e. The molecule has 0 spiro atoms. The number of para-hydroxylation sites is 1. The van der Waals surface area contributed by atoms with E-state index >= 15 is 0 Å². The summed E-state index contributed by atoms with van der Waals surface area (Å²) in [5, 5.41) is 2.49. The van der Waals surface area contributed by atoms with E-state index in [1.807, 2.05) is 0 Å². The summed E-state index contributed by atoms with van der Waals surface area (Å²) in [4.78, 5) is 12.2. The number of carbonyl (C=O) groups is 1. The van der Waals surface area contributed by atoms with Crippen LogP contribution in [0.2, 0.25) is 0 Å². The van der Waals surface area contributed by atoms with Gasteiger partial charge in [-0.05, 0) is 31.2 Å². The summed E-state index contributed by atoms with van der Waals surface area (Å²) < 4.78 is 55.5. The third-order valence-electron chi connectivity index (χ3n) is 3.43. The van der Waals surface area contributed by atoms with Gasteiger partial charge in [0.15, 0.2) is 27.6 Å². The highest BCUT2D eigenvalue weighted by Crippen LogP contribution is 2.23. The van der Waals surface area contributed by atoms with E-state index in [0.717, 1.165) is 12.1 Å². The number of carbonyl (C=O) groups excluding carboxylic acids is 1. The largest absolute Gasteiger partial charge is 0.481 e. The van der Waals surface area contributed by atoms with Crippen LogP contribution in [0.5, 0.6) is 5.75 Å². The van der Waals surface area contributed by atoms with Crippen LogP contribution in [0.3, 0.4) is 0 Å². The van der Waals surface area contributed by atoms with Gasteiger partial charge in [-0.3, -0.25) is 4.79 Å². The van der Waals surface area contributed by atoms with Crippen LogP contribution >= 0.6 is 0 Å². The lowest BCUT2D eigenvalue weighted by atomic mass is 10.3. The fraction of sp³-hybridized carbons (Fsp3) is 0.235. The van der Waals surface area contributed by atoms with Gasteiger partial charge in [0.05, 0.1) is 16.3 Å². The second-order valence-corrected chi connectivity index (χ2v) is 7.47. The second kappa shape index (κ2) is 7.60. The molecule has 0 aliphatic heterocycles. The molecule has 0 radical (unpaired) electrons. The van der Waals surface area contributed by atoms with Crippen LogP contribution in [-0.4, -0.2) is 26.2 Å². The first-order chi connectivity index (χ1) is 11.7. The summed E-state index contributed by atoms with van der Waals surface area (Å²) in [5.74, 6) is -2.87. The molecule has 0 unspecified atom stereocenters. The molecule has 0 aliphatic carbocycles. The maximum absolute atomic E-state index is 13.2. The minimum absolute atomic E-state index is 0.00544. The number of nitrogens with one attached hydrogen (secondary N) is 1. The second-order valence-electron chi connectivity index (χ2n) is 5.22. The third-order valence-corrected chi connectivity index (χ3v) is 5.22. The molecule has 0 aliphatic rings. The topological polar surface area (TPSA) is 72.5 Å². The molecule has 2 aromatic rings. The van der Waals surface area contributed by atoms with Crippen molar-refractivity contribution in [3.8, 4) is 5.75 Å². The van der Waals surface area contributed by atoms with Gasteiger partial charge in [-0.2, -0.15) is 0 Å². The standard InChI is InChI=1S/C17H17F2NO4S/c1-3-25(22,23)16-7-5-4-6-15(16)20-17(21)11(2)24-12-8-9-13(18)14(19)10-12/h4-11H,3H2,1-2H3,(H,20,21)/t11-/m0/s1. The summed E-state index contributed by atoms with van der Waals surface area (Å²) in [5.41, 5.74) is 0.134. The monoisotopic (exact) mass is 369 g/mol. The van der Waals surface area contributed by atoms with Crippen LogP contribution in [0.15, 0.2) is 47.4 Å². The molecule has 25 heavy (non-hydrogen) atoms. The van der Waals surface area contributed by atoms with E-state index in [4.69, 9.17) is 4.74 Å². The lowest BCUT2D eigenvalue weighted by molar-refractivity contribution is -0.122. The van der Waals surface area contributed by atoms with E-state index in [9.17, 15) is 22.0 Å². The number of hydrogen-bond acceptors (Lipinski definition) is 4. The van der Waals surface area contributed by atoms with Crippen molar-refractivity contribution in [3.63, 3.8) is 0 Å². The van der Waals surface area contributed by atoms with E-state index in [1.54, 1.807) is 12.1 Å². The maximum Gasteiger partial charge on any atom is 0.265 e. The van der Waals surface area contributed by atoms with Crippen LogP contribution in [0.4, 0.5) is 14.5 Å². The molecule has 0 fully saturated rings. The predicted octanol–water partition coefficient (Wildman–Crippen LogP) is 3.16. The highest BCUT2D eigenvalue weighted by Gasteiger charge is 2.21. The third kappa shape index (κ3) is 4.54. The highest BCUT2D eigenvalue weighted by molar-refractivity contribution is 7.91. The zero-order chi connectivity index (χ0) is 18.6. The number of benzene rings is 2. The average Bonchev–Trinajstić information content (AvgIpc) is 2.58. The first-order valence-electron chi connectivity index (χ1n) is 7.49. The van der Waals surface area contributed by atoms with Gasteiger partial charge in [-0.1, -0.05) is 19.1 Å². The molecule has 1 amide bonds. The first kappa shape index (κ1) is 18.9. The number of rotatable bonds is 6. The SMILES string of the molecule is CCS(=O)(=O)c1ccccc1NC(=O)[C@H](C)Oc1ccc(F)c(F)c1. The predicted molar refractivity (Wildman–Crippen MR) is 89.2 cm³/mol. The molecule has 0 bridgehead atoms. The molecule has 134 valence electrons. The zero-order valence-corrected chi connectivity index (χ0v) is 14.4. The molecule has 0 aromatic heterocycles. The Morgan fingerprint density at radius 3 is 2.48 bits per heavy atom. The van der Waals surface area contributed by atoms with Crippen molar-refractivity contribution in [2.75, 3.05) is 11.1 Å². The molecule has 0 saturated carbocycles. The van der Waals surface area contributed by atoms with Crippen molar-refractivity contribution < 1.29 is 26.7 Å². The Morgan fingerprint density at radius 1 is 1.16 bits per heavy atom. The number of ether oxygens (including phenoxy) is 1. The van der Waals surface area contributed by atoms with Gasteiger partial charge >= 0.3 is 0 Å². The Kier molecular flexibility index (Phi) is 5.73. The van der Waals surface area contributed by atoms with Crippen molar-refractivity contribution in [3.05, 3.63) is 54.1 Å². The minimum Gasteiger partial charge on any atom is -0.481 e. The van der Waals surface area contributed by atoms with Crippen LogP contribution in [0, 0.1) is 11.6 Å². The average molecular weight is 369 g/mol. The maximum atomic E-state index is 13.2. The molecule has 2 aromatic carbocycles. The summed E-state index contributed by atoms with van der Waals surface area (Å²) >= 11 is 0. The minimum atomic E-state index is -3.52. The van der Waals surface area contributed by atoms with Crippen molar-refractivity contribution in [1.82, 2.24) is 0 Å². The quantitative estimate of drug-likeness (QED) is 0.849. The van der Waals surface area contributed by atoms with Gasteiger partial charge in [0, 0.05) is 6.07 Å². The molecule has 0 saturated heterocycles. The van der Waals surface area contributed by atoms with Crippen molar-refractivity contribution >= 4 is 21.4 Å². The Hall–Kier alpha value is -2.48. The molecule has 0 heterocycles. The molecular formula is C17H17F2NO4S. The summed E-state index contributed by atoms with van der Waals surface area (Å²) in [7, 11) is -3.52. The van der Waals surface area contributed by atoms with Gasteiger partial charge in [-0.25, -0.2) is 17.2 Å².